The monoisotopic (exact) mass is 536 g/mol. The predicted octanol–water partition coefficient (Wildman–Crippen LogP) is 5.55. The summed E-state index contributed by atoms with van der Waals surface area (Å²) in [6, 6.07) is 0. The van der Waals surface area contributed by atoms with E-state index >= 15 is 0 Å². The van der Waals surface area contributed by atoms with Crippen LogP contribution in [0.4, 0.5) is 0 Å². The molecule has 0 saturated heterocycles. The van der Waals surface area contributed by atoms with E-state index in [0.717, 1.165) is 0 Å². The van der Waals surface area contributed by atoms with Crippen LogP contribution in [0.5, 0.6) is 0 Å². The largest absolute Gasteiger partial charge is 0.870 e. The summed E-state index contributed by atoms with van der Waals surface area (Å²) in [6.07, 6.45) is 11.6. The number of hydrogen-bond donors (Lipinski definition) is 0. The topological polar surface area (TPSA) is 120 Å². The van der Waals surface area contributed by atoms with Gasteiger partial charge in [0.1, 0.15) is 0 Å². The van der Waals surface area contributed by atoms with Gasteiger partial charge in [-0.15, -0.1) is 0 Å². The first-order valence-corrected chi connectivity index (χ1v) is 16.3. The van der Waals surface area contributed by atoms with E-state index in [1.165, 1.54) is 55.8 Å². The van der Waals surface area contributed by atoms with Gasteiger partial charge in [0.25, 0.3) is 0 Å². The summed E-state index contributed by atoms with van der Waals surface area (Å²) in [5, 5.41) is 0. The van der Waals surface area contributed by atoms with Gasteiger partial charge in [-0.1, -0.05) is 0 Å². The minimum absolute atomic E-state index is 0. The van der Waals surface area contributed by atoms with Crippen molar-refractivity contribution in [3.63, 3.8) is 0 Å². The van der Waals surface area contributed by atoms with Gasteiger partial charge >= 0.3 is 139 Å². The molecule has 0 aliphatic heterocycles. The van der Waals surface area contributed by atoms with Crippen LogP contribution in [-0.4, -0.2) is 64.2 Å². The van der Waals surface area contributed by atoms with Crippen LogP contribution < -0.4 is 0 Å². The fraction of sp³-hybridized carbons (Fsp3) is 1.00. The van der Waals surface area contributed by atoms with E-state index in [4.69, 9.17) is 0 Å². The summed E-state index contributed by atoms with van der Waals surface area (Å²) in [7, 11) is 0. The molecule has 0 bridgehead atoms. The van der Waals surface area contributed by atoms with Crippen molar-refractivity contribution in [3.8, 4) is 0 Å². The molecule has 0 aliphatic carbocycles. The summed E-state index contributed by atoms with van der Waals surface area (Å²) in [5.74, 6) is 0. The van der Waals surface area contributed by atoms with E-state index in [1.54, 1.807) is 35.8 Å². The third-order valence-corrected chi connectivity index (χ3v) is 13.3. The second kappa shape index (κ2) is 38.2. The summed E-state index contributed by atoms with van der Waals surface area (Å²) in [5.41, 5.74) is 0. The SMILES string of the molecule is CCC[CH2][Sn+3].CCC[CH2][Sn+]([CH2]CCC)[CH2]CCC.[OH-].[OH-].[OH-].[OH-]. The van der Waals surface area contributed by atoms with Crippen LogP contribution >= 0.6 is 0 Å². The molecule has 0 fully saturated rings. The Morgan fingerprint density at radius 2 is 0.818 bits per heavy atom. The van der Waals surface area contributed by atoms with Crippen molar-refractivity contribution in [3.05, 3.63) is 0 Å². The molecule has 0 rings (SSSR count). The molecular formula is C16H40O4Sn2. The van der Waals surface area contributed by atoms with Gasteiger partial charge in [0.05, 0.1) is 0 Å². The van der Waals surface area contributed by atoms with Crippen LogP contribution in [0.25, 0.3) is 0 Å². The van der Waals surface area contributed by atoms with Crippen LogP contribution in [0.2, 0.25) is 17.7 Å². The van der Waals surface area contributed by atoms with E-state index in [1.807, 2.05) is 0 Å². The smallest absolute Gasteiger partial charge is 0.870 e. The first-order chi connectivity index (χ1) is 8.76. The number of unbranched alkanes of at least 4 members (excludes halogenated alkanes) is 4. The van der Waals surface area contributed by atoms with Crippen LogP contribution in [0.1, 0.15) is 79.1 Å². The third-order valence-electron chi connectivity index (χ3n) is 3.18. The molecule has 0 aromatic heterocycles. The van der Waals surface area contributed by atoms with Crippen molar-refractivity contribution in [2.24, 2.45) is 0 Å². The molecule has 22 heavy (non-hydrogen) atoms. The Labute approximate surface area is 160 Å². The fourth-order valence-electron chi connectivity index (χ4n) is 1.83. The van der Waals surface area contributed by atoms with Crippen LogP contribution in [0, 0.1) is 0 Å². The quantitative estimate of drug-likeness (QED) is 0.323. The summed E-state index contributed by atoms with van der Waals surface area (Å²) in [4.78, 5) is 0. The molecule has 0 atom stereocenters. The standard InChI is InChI=1S/4C4H9.4H2O.2Sn/c4*1-3-4-2;;;;;;/h4*1,3-4H2,2H3;4*1H2;;/q;;;;;;;;+1;+3/p-4. The van der Waals surface area contributed by atoms with Gasteiger partial charge in [-0.3, -0.25) is 0 Å². The first-order valence-electron chi connectivity index (χ1n) is 8.24. The predicted molar refractivity (Wildman–Crippen MR) is 98.1 cm³/mol. The van der Waals surface area contributed by atoms with Crippen LogP contribution in [-0.2, 0) is 0 Å². The molecule has 0 amide bonds. The van der Waals surface area contributed by atoms with Gasteiger partial charge in [0.15, 0.2) is 0 Å². The van der Waals surface area contributed by atoms with Crippen molar-refractivity contribution in [2.45, 2.75) is 96.8 Å². The molecule has 0 aromatic carbocycles. The molecule has 0 saturated carbocycles. The van der Waals surface area contributed by atoms with Crippen molar-refractivity contribution >= 4 is 42.3 Å². The Kier molecular flexibility index (Phi) is 67.3. The van der Waals surface area contributed by atoms with Gasteiger partial charge in [-0.25, -0.2) is 0 Å². The maximum atomic E-state index is 2.33. The average molecular weight is 534 g/mol. The van der Waals surface area contributed by atoms with Crippen molar-refractivity contribution in [1.82, 2.24) is 0 Å². The van der Waals surface area contributed by atoms with Gasteiger partial charge in [0, 0.05) is 0 Å². The van der Waals surface area contributed by atoms with E-state index < -0.39 is 19.8 Å². The van der Waals surface area contributed by atoms with E-state index in [0.29, 0.717) is 0 Å². The van der Waals surface area contributed by atoms with Crippen molar-refractivity contribution in [2.75, 3.05) is 0 Å². The molecule has 0 spiro atoms. The summed E-state index contributed by atoms with van der Waals surface area (Å²) >= 11 is 0.846. The Bertz CT molecular complexity index is 120. The van der Waals surface area contributed by atoms with Crippen molar-refractivity contribution in [1.29, 1.82) is 0 Å². The maximum Gasteiger partial charge on any atom is -0.870 e. The van der Waals surface area contributed by atoms with Gasteiger partial charge in [-0.2, -0.15) is 0 Å². The second-order valence-electron chi connectivity index (χ2n) is 5.16. The number of rotatable bonds is 11. The molecule has 136 valence electrons. The van der Waals surface area contributed by atoms with E-state index in [2.05, 4.69) is 27.7 Å². The molecule has 4 N–H and O–H groups in total. The van der Waals surface area contributed by atoms with Gasteiger partial charge in [0.2, 0.25) is 0 Å². The maximum absolute atomic E-state index is 2.33. The molecule has 0 aromatic rings. The Balaban J connectivity index is -0.0000000627. The van der Waals surface area contributed by atoms with Crippen LogP contribution in [0.15, 0.2) is 0 Å². The Morgan fingerprint density at radius 3 is 0.955 bits per heavy atom. The first kappa shape index (κ1) is 38.8. The normalized spacial score (nSPS) is 8.09. The average Bonchev–Trinajstić information content (AvgIpc) is 2.39. The summed E-state index contributed by atoms with van der Waals surface area (Å²) < 4.78 is 6.47. The zero-order valence-electron chi connectivity index (χ0n) is 15.3. The molecule has 0 unspecified atom stereocenters. The molecule has 0 heterocycles. The fourth-order valence-corrected chi connectivity index (χ4v) is 12.3. The molecule has 0 aliphatic rings. The van der Waals surface area contributed by atoms with E-state index in [9.17, 15) is 0 Å². The number of hydrogen-bond acceptors (Lipinski definition) is 4. The zero-order valence-corrected chi connectivity index (χ0v) is 21.0. The molecular weight excluding hydrogens is 494 g/mol. The van der Waals surface area contributed by atoms with E-state index in [-0.39, 0.29) is 21.9 Å². The summed E-state index contributed by atoms with van der Waals surface area (Å²) in [6.45, 7) is 9.23. The van der Waals surface area contributed by atoms with Crippen molar-refractivity contribution < 1.29 is 21.9 Å². The minimum atomic E-state index is -0.839. The van der Waals surface area contributed by atoms with Gasteiger partial charge in [-0.05, 0) is 0 Å². The molecule has 6 heteroatoms. The minimum Gasteiger partial charge on any atom is -0.870 e. The Hall–Kier alpha value is 1.44. The Morgan fingerprint density at radius 1 is 0.545 bits per heavy atom. The molecule has 0 radical (unpaired) electrons. The van der Waals surface area contributed by atoms with Crippen LogP contribution in [0.3, 0.4) is 0 Å². The van der Waals surface area contributed by atoms with Gasteiger partial charge < -0.3 is 21.9 Å². The third kappa shape index (κ3) is 37.6. The zero-order chi connectivity index (χ0) is 14.1. The molecule has 4 nitrogen and oxygen atoms in total. The second-order valence-corrected chi connectivity index (χ2v) is 15.2.